The predicted octanol–water partition coefficient (Wildman–Crippen LogP) is 10.00. The van der Waals surface area contributed by atoms with Gasteiger partial charge in [-0.05, 0) is 36.6 Å². The first kappa shape index (κ1) is 23.2. The Morgan fingerprint density at radius 2 is 1.27 bits per heavy atom. The SMILES string of the molecule is CCCCCCCCCCCCCCCCc1cccc2c1[nH]c1ccc(Cl)cc12. The molecule has 1 nitrogen and oxygen atoms in total. The van der Waals surface area contributed by atoms with Gasteiger partial charge >= 0.3 is 0 Å². The minimum Gasteiger partial charge on any atom is -0.354 e. The lowest BCUT2D eigenvalue weighted by molar-refractivity contribution is 0.535. The number of fused-ring (bicyclic) bond motifs is 3. The summed E-state index contributed by atoms with van der Waals surface area (Å²) in [6, 6.07) is 12.8. The van der Waals surface area contributed by atoms with Gasteiger partial charge in [-0.25, -0.2) is 0 Å². The molecule has 1 aromatic heterocycles. The van der Waals surface area contributed by atoms with Crippen molar-refractivity contribution in [1.29, 1.82) is 0 Å². The van der Waals surface area contributed by atoms with Crippen LogP contribution in [-0.4, -0.2) is 4.98 Å². The van der Waals surface area contributed by atoms with E-state index in [1.807, 2.05) is 6.07 Å². The largest absolute Gasteiger partial charge is 0.354 e. The second kappa shape index (κ2) is 13.1. The first-order valence-electron chi connectivity index (χ1n) is 12.5. The Kier molecular flexibility index (Phi) is 10.1. The fourth-order valence-corrected chi connectivity index (χ4v) is 4.85. The zero-order valence-electron chi connectivity index (χ0n) is 18.9. The molecule has 2 aromatic carbocycles. The Bertz CT molecular complexity index is 879. The van der Waals surface area contributed by atoms with Crippen LogP contribution in [0.3, 0.4) is 0 Å². The molecule has 1 N–H and O–H groups in total. The summed E-state index contributed by atoms with van der Waals surface area (Å²) in [5.74, 6) is 0. The summed E-state index contributed by atoms with van der Waals surface area (Å²) < 4.78 is 0. The maximum atomic E-state index is 6.20. The van der Waals surface area contributed by atoms with E-state index in [2.05, 4.69) is 42.2 Å². The number of H-pyrrole nitrogens is 1. The molecule has 0 amide bonds. The highest BCUT2D eigenvalue weighted by Crippen LogP contribution is 2.30. The molecule has 164 valence electrons. The molecule has 0 saturated heterocycles. The van der Waals surface area contributed by atoms with E-state index in [4.69, 9.17) is 11.6 Å². The molecule has 2 heteroatoms. The number of nitrogens with one attached hydrogen (secondary N) is 1. The van der Waals surface area contributed by atoms with Crippen LogP contribution in [0.25, 0.3) is 21.8 Å². The zero-order chi connectivity index (χ0) is 21.0. The average Bonchev–Trinajstić information content (AvgIpc) is 3.12. The molecule has 0 saturated carbocycles. The van der Waals surface area contributed by atoms with Crippen LogP contribution in [-0.2, 0) is 6.42 Å². The number of unbranched alkanes of at least 4 members (excludes halogenated alkanes) is 13. The second-order valence-corrected chi connectivity index (χ2v) is 9.44. The molecule has 0 bridgehead atoms. The number of rotatable bonds is 15. The third-order valence-electron chi connectivity index (χ3n) is 6.48. The fraction of sp³-hybridized carbons (Fsp3) is 0.571. The number of aromatic nitrogens is 1. The van der Waals surface area contributed by atoms with Gasteiger partial charge < -0.3 is 4.98 Å². The highest BCUT2D eigenvalue weighted by molar-refractivity contribution is 6.31. The van der Waals surface area contributed by atoms with Crippen molar-refractivity contribution in [3.63, 3.8) is 0 Å². The molecule has 0 spiro atoms. The third kappa shape index (κ3) is 7.05. The molecule has 0 fully saturated rings. The van der Waals surface area contributed by atoms with Crippen LogP contribution in [0.5, 0.6) is 0 Å². The summed E-state index contributed by atoms with van der Waals surface area (Å²) in [6.07, 6.45) is 20.9. The van der Waals surface area contributed by atoms with E-state index in [1.165, 1.54) is 117 Å². The summed E-state index contributed by atoms with van der Waals surface area (Å²) in [5.41, 5.74) is 3.92. The smallest absolute Gasteiger partial charge is 0.0497 e. The van der Waals surface area contributed by atoms with Gasteiger partial charge in [0.15, 0.2) is 0 Å². The molecule has 3 rings (SSSR count). The van der Waals surface area contributed by atoms with Crippen molar-refractivity contribution in [3.05, 3.63) is 47.0 Å². The number of para-hydroxylation sites is 1. The van der Waals surface area contributed by atoms with Gasteiger partial charge in [0.25, 0.3) is 0 Å². The Morgan fingerprint density at radius 3 is 1.90 bits per heavy atom. The summed E-state index contributed by atoms with van der Waals surface area (Å²) in [6.45, 7) is 2.29. The molecule has 1 heterocycles. The summed E-state index contributed by atoms with van der Waals surface area (Å²) in [4.78, 5) is 3.61. The van der Waals surface area contributed by atoms with E-state index < -0.39 is 0 Å². The van der Waals surface area contributed by atoms with Gasteiger partial charge in [0, 0.05) is 26.8 Å². The second-order valence-electron chi connectivity index (χ2n) is 9.00. The minimum absolute atomic E-state index is 0.806. The lowest BCUT2D eigenvalue weighted by Crippen LogP contribution is -1.88. The minimum atomic E-state index is 0.806. The van der Waals surface area contributed by atoms with E-state index in [0.717, 1.165) is 11.4 Å². The van der Waals surface area contributed by atoms with Gasteiger partial charge in [-0.15, -0.1) is 0 Å². The molecule has 0 aliphatic heterocycles. The van der Waals surface area contributed by atoms with Crippen molar-refractivity contribution >= 4 is 33.4 Å². The highest BCUT2D eigenvalue weighted by Gasteiger charge is 2.08. The summed E-state index contributed by atoms with van der Waals surface area (Å²) >= 11 is 6.20. The van der Waals surface area contributed by atoms with Crippen LogP contribution >= 0.6 is 11.6 Å². The van der Waals surface area contributed by atoms with Crippen LogP contribution in [0, 0.1) is 0 Å². The van der Waals surface area contributed by atoms with Crippen LogP contribution in [0.4, 0.5) is 0 Å². The van der Waals surface area contributed by atoms with Crippen molar-refractivity contribution in [1.82, 2.24) is 4.98 Å². The topological polar surface area (TPSA) is 15.8 Å². The lowest BCUT2D eigenvalue weighted by atomic mass is 10.0. The molecule has 0 aliphatic rings. The quantitative estimate of drug-likeness (QED) is 0.233. The molecule has 0 radical (unpaired) electrons. The van der Waals surface area contributed by atoms with Gasteiger partial charge in [-0.2, -0.15) is 0 Å². The van der Waals surface area contributed by atoms with Crippen molar-refractivity contribution < 1.29 is 0 Å². The van der Waals surface area contributed by atoms with Gasteiger partial charge in [-0.3, -0.25) is 0 Å². The summed E-state index contributed by atoms with van der Waals surface area (Å²) in [5, 5.41) is 3.34. The molecule has 30 heavy (non-hydrogen) atoms. The fourth-order valence-electron chi connectivity index (χ4n) is 4.67. The average molecular weight is 426 g/mol. The number of aromatic amines is 1. The van der Waals surface area contributed by atoms with E-state index in [9.17, 15) is 0 Å². The normalized spacial score (nSPS) is 11.7. The van der Waals surface area contributed by atoms with Crippen molar-refractivity contribution in [2.75, 3.05) is 0 Å². The van der Waals surface area contributed by atoms with Gasteiger partial charge in [0.2, 0.25) is 0 Å². The zero-order valence-corrected chi connectivity index (χ0v) is 19.7. The lowest BCUT2D eigenvalue weighted by Gasteiger charge is -2.05. The maximum Gasteiger partial charge on any atom is 0.0497 e. The monoisotopic (exact) mass is 425 g/mol. The van der Waals surface area contributed by atoms with E-state index >= 15 is 0 Å². The van der Waals surface area contributed by atoms with E-state index in [-0.39, 0.29) is 0 Å². The molecule has 0 atom stereocenters. The van der Waals surface area contributed by atoms with Crippen LogP contribution in [0.15, 0.2) is 36.4 Å². The van der Waals surface area contributed by atoms with E-state index in [0.29, 0.717) is 0 Å². The van der Waals surface area contributed by atoms with Crippen LogP contribution in [0.2, 0.25) is 5.02 Å². The molecule has 0 unspecified atom stereocenters. The molecule has 0 aliphatic carbocycles. The number of hydrogen-bond acceptors (Lipinski definition) is 0. The van der Waals surface area contributed by atoms with Gasteiger partial charge in [0.05, 0.1) is 0 Å². The third-order valence-corrected chi connectivity index (χ3v) is 6.72. The first-order valence-corrected chi connectivity index (χ1v) is 12.9. The number of aryl methyl sites for hydroxylation is 1. The van der Waals surface area contributed by atoms with Gasteiger partial charge in [-0.1, -0.05) is 120 Å². The Morgan fingerprint density at radius 1 is 0.667 bits per heavy atom. The van der Waals surface area contributed by atoms with Crippen LogP contribution < -0.4 is 0 Å². The van der Waals surface area contributed by atoms with Crippen molar-refractivity contribution in [2.45, 2.75) is 103 Å². The Balaban J connectivity index is 1.28. The number of benzene rings is 2. The molecular formula is C28H40ClN. The predicted molar refractivity (Wildman–Crippen MR) is 135 cm³/mol. The van der Waals surface area contributed by atoms with Crippen LogP contribution in [0.1, 0.15) is 102 Å². The summed E-state index contributed by atoms with van der Waals surface area (Å²) in [7, 11) is 0. The number of halogens is 1. The van der Waals surface area contributed by atoms with E-state index in [1.54, 1.807) is 0 Å². The molecular weight excluding hydrogens is 386 g/mol. The molecule has 3 aromatic rings. The Labute approximate surface area is 188 Å². The standard InChI is InChI=1S/C28H40ClN/c1-2-3-4-5-6-7-8-9-10-11-12-13-14-15-17-23-18-16-19-25-26-22-24(29)20-21-27(26)30-28(23)25/h16,18-22,30H,2-15,17H2,1H3. The number of hydrogen-bond donors (Lipinski definition) is 1. The highest BCUT2D eigenvalue weighted by atomic mass is 35.5. The maximum absolute atomic E-state index is 6.20. The Hall–Kier alpha value is -1.47. The first-order chi connectivity index (χ1) is 14.8. The van der Waals surface area contributed by atoms with Crippen molar-refractivity contribution in [3.8, 4) is 0 Å². The van der Waals surface area contributed by atoms with Gasteiger partial charge in [0.1, 0.15) is 0 Å². The van der Waals surface area contributed by atoms with Crippen molar-refractivity contribution in [2.24, 2.45) is 0 Å².